The van der Waals surface area contributed by atoms with E-state index in [1.54, 1.807) is 11.4 Å². The van der Waals surface area contributed by atoms with Crippen LogP contribution >= 0.6 is 11.3 Å². The van der Waals surface area contributed by atoms with Crippen molar-refractivity contribution >= 4 is 39.2 Å². The Hall–Kier alpha value is -1.98. The van der Waals surface area contributed by atoms with Crippen molar-refractivity contribution in [3.05, 3.63) is 17.5 Å². The van der Waals surface area contributed by atoms with Crippen LogP contribution in [0.25, 0.3) is 0 Å². The van der Waals surface area contributed by atoms with Gasteiger partial charge in [0.05, 0.1) is 0 Å². The van der Waals surface area contributed by atoms with E-state index < -0.39 is 40.5 Å². The minimum atomic E-state index is -3.69. The zero-order valence-corrected chi connectivity index (χ0v) is 13.5. The van der Waals surface area contributed by atoms with E-state index in [0.717, 1.165) is 16.2 Å². The average molecular weight is 358 g/mol. The first-order chi connectivity index (χ1) is 10.8. The molecule has 2 aliphatic heterocycles. The van der Waals surface area contributed by atoms with Gasteiger partial charge in [0.1, 0.15) is 16.8 Å². The van der Waals surface area contributed by atoms with E-state index in [-0.39, 0.29) is 23.8 Å². The Bertz CT molecular complexity index is 760. The van der Waals surface area contributed by atoms with E-state index in [0.29, 0.717) is 0 Å². The number of carbonyl (C=O) groups is 3. The number of primary amides is 1. The Morgan fingerprint density at radius 1 is 1.35 bits per heavy atom. The van der Waals surface area contributed by atoms with Gasteiger partial charge >= 0.3 is 6.03 Å². The highest BCUT2D eigenvalue weighted by atomic mass is 32.2. The number of hydrogen-bond donors (Lipinski definition) is 1. The van der Waals surface area contributed by atoms with Gasteiger partial charge in [0, 0.05) is 19.6 Å². The summed E-state index contributed by atoms with van der Waals surface area (Å²) < 4.78 is 26.4. The van der Waals surface area contributed by atoms with Crippen LogP contribution in [-0.2, 0) is 19.6 Å². The molecule has 2 aliphatic rings. The topological polar surface area (TPSA) is 121 Å². The van der Waals surface area contributed by atoms with Gasteiger partial charge in [-0.15, -0.1) is 11.3 Å². The summed E-state index contributed by atoms with van der Waals surface area (Å²) in [4.78, 5) is 37.4. The molecule has 1 unspecified atom stereocenters. The van der Waals surface area contributed by atoms with Crippen molar-refractivity contribution in [2.75, 3.05) is 26.2 Å². The summed E-state index contributed by atoms with van der Waals surface area (Å²) in [6.45, 7) is -0.433. The molecule has 23 heavy (non-hydrogen) atoms. The molecule has 2 N–H and O–H groups in total. The summed E-state index contributed by atoms with van der Waals surface area (Å²) in [7, 11) is -3.69. The second-order valence-electron chi connectivity index (χ2n) is 5.18. The summed E-state index contributed by atoms with van der Waals surface area (Å²) in [6, 6.07) is 1.61. The first-order valence-corrected chi connectivity index (χ1v) is 9.08. The standard InChI is InChI=1S/C12H14N4O5S2/c13-9(17)7-16-11(18)8-6-14(3-4-15(8)12(16)19)23(20,21)10-2-1-5-22-10/h1-2,5,8H,3-4,6-7H2,(H2,13,17). The fraction of sp³-hybridized carbons (Fsp3) is 0.417. The second-order valence-corrected chi connectivity index (χ2v) is 8.29. The molecule has 2 fully saturated rings. The van der Waals surface area contributed by atoms with Crippen molar-refractivity contribution in [3.8, 4) is 0 Å². The zero-order valence-electron chi connectivity index (χ0n) is 11.9. The molecule has 1 aromatic heterocycles. The van der Waals surface area contributed by atoms with Crippen LogP contribution in [0.4, 0.5) is 4.79 Å². The van der Waals surface area contributed by atoms with Crippen LogP contribution in [0.3, 0.4) is 0 Å². The number of nitrogens with two attached hydrogens (primary N) is 1. The van der Waals surface area contributed by atoms with Gasteiger partial charge in [0.25, 0.3) is 15.9 Å². The van der Waals surface area contributed by atoms with Gasteiger partial charge in [-0.25, -0.2) is 13.2 Å². The molecule has 0 aromatic carbocycles. The van der Waals surface area contributed by atoms with Crippen LogP contribution in [0.1, 0.15) is 0 Å². The molecule has 124 valence electrons. The number of fused-ring (bicyclic) bond motifs is 1. The van der Waals surface area contributed by atoms with Crippen LogP contribution < -0.4 is 5.73 Å². The third kappa shape index (κ3) is 2.60. The minimum Gasteiger partial charge on any atom is -0.368 e. The lowest BCUT2D eigenvalue weighted by molar-refractivity contribution is -0.132. The Kier molecular flexibility index (Phi) is 3.86. The molecule has 3 rings (SSSR count). The maximum Gasteiger partial charge on any atom is 0.328 e. The third-order valence-electron chi connectivity index (χ3n) is 3.77. The Morgan fingerprint density at radius 2 is 2.09 bits per heavy atom. The lowest BCUT2D eigenvalue weighted by Crippen LogP contribution is -2.54. The van der Waals surface area contributed by atoms with Crippen molar-refractivity contribution in [3.63, 3.8) is 0 Å². The quantitative estimate of drug-likeness (QED) is 0.683. The molecule has 11 heteroatoms. The summed E-state index contributed by atoms with van der Waals surface area (Å²) in [5.74, 6) is -1.39. The van der Waals surface area contributed by atoms with Crippen molar-refractivity contribution in [2.24, 2.45) is 5.73 Å². The van der Waals surface area contributed by atoms with Crippen LogP contribution in [0, 0.1) is 0 Å². The number of nitrogens with zero attached hydrogens (tertiary/aromatic N) is 3. The number of urea groups is 1. The Morgan fingerprint density at radius 3 is 2.70 bits per heavy atom. The highest BCUT2D eigenvalue weighted by Crippen LogP contribution is 2.27. The van der Waals surface area contributed by atoms with Gasteiger partial charge in [-0.2, -0.15) is 4.31 Å². The fourth-order valence-corrected chi connectivity index (χ4v) is 5.27. The maximum absolute atomic E-state index is 12.5. The first-order valence-electron chi connectivity index (χ1n) is 6.76. The molecule has 2 saturated heterocycles. The van der Waals surface area contributed by atoms with Crippen molar-refractivity contribution < 1.29 is 22.8 Å². The number of thiophene rings is 1. The number of carbonyl (C=O) groups excluding carboxylic acids is 3. The molecular formula is C12H14N4O5S2. The molecule has 1 aromatic rings. The first kappa shape index (κ1) is 15.9. The summed E-state index contributed by atoms with van der Waals surface area (Å²) in [5.41, 5.74) is 5.04. The van der Waals surface area contributed by atoms with E-state index in [1.165, 1.54) is 15.3 Å². The van der Waals surface area contributed by atoms with Crippen molar-refractivity contribution in [2.45, 2.75) is 10.3 Å². The third-order valence-corrected chi connectivity index (χ3v) is 7.01. The molecule has 1 atom stereocenters. The second kappa shape index (κ2) is 5.58. The number of sulfonamides is 1. The predicted octanol–water partition coefficient (Wildman–Crippen LogP) is -1.13. The number of piperazine rings is 1. The van der Waals surface area contributed by atoms with Crippen LogP contribution in [-0.4, -0.2) is 72.6 Å². The lowest BCUT2D eigenvalue weighted by Gasteiger charge is -2.34. The summed E-state index contributed by atoms with van der Waals surface area (Å²) in [5, 5.41) is 1.65. The fourth-order valence-electron chi connectivity index (χ4n) is 2.68. The van der Waals surface area contributed by atoms with Gasteiger partial charge < -0.3 is 10.6 Å². The van der Waals surface area contributed by atoms with Crippen LogP contribution in [0.5, 0.6) is 0 Å². The van der Waals surface area contributed by atoms with Crippen LogP contribution in [0.15, 0.2) is 21.7 Å². The van der Waals surface area contributed by atoms with E-state index in [9.17, 15) is 22.8 Å². The van der Waals surface area contributed by atoms with Gasteiger partial charge in [-0.1, -0.05) is 6.07 Å². The molecule has 0 spiro atoms. The number of amides is 4. The smallest absolute Gasteiger partial charge is 0.328 e. The molecule has 3 heterocycles. The van der Waals surface area contributed by atoms with E-state index >= 15 is 0 Å². The highest BCUT2D eigenvalue weighted by molar-refractivity contribution is 7.91. The molecule has 0 bridgehead atoms. The van der Waals surface area contributed by atoms with Crippen molar-refractivity contribution in [1.29, 1.82) is 0 Å². The van der Waals surface area contributed by atoms with Gasteiger partial charge in [0.15, 0.2) is 0 Å². The Labute approximate surface area is 136 Å². The average Bonchev–Trinajstić information content (AvgIpc) is 3.11. The van der Waals surface area contributed by atoms with Crippen molar-refractivity contribution in [1.82, 2.24) is 14.1 Å². The molecule has 9 nitrogen and oxygen atoms in total. The number of imide groups is 1. The number of rotatable bonds is 4. The largest absolute Gasteiger partial charge is 0.368 e. The molecule has 0 radical (unpaired) electrons. The SMILES string of the molecule is NC(=O)CN1C(=O)C2CN(S(=O)(=O)c3cccs3)CCN2C1=O. The lowest BCUT2D eigenvalue weighted by atomic mass is 10.2. The number of hydrogen-bond acceptors (Lipinski definition) is 6. The predicted molar refractivity (Wildman–Crippen MR) is 79.9 cm³/mol. The van der Waals surface area contributed by atoms with E-state index in [1.807, 2.05) is 0 Å². The van der Waals surface area contributed by atoms with E-state index in [2.05, 4.69) is 0 Å². The van der Waals surface area contributed by atoms with Gasteiger partial charge in [-0.05, 0) is 11.4 Å². The zero-order chi connectivity index (χ0) is 16.8. The van der Waals surface area contributed by atoms with E-state index in [4.69, 9.17) is 5.73 Å². The summed E-state index contributed by atoms with van der Waals surface area (Å²) >= 11 is 1.09. The van der Waals surface area contributed by atoms with Gasteiger partial charge in [0.2, 0.25) is 5.91 Å². The highest BCUT2D eigenvalue weighted by Gasteiger charge is 2.49. The monoisotopic (exact) mass is 358 g/mol. The maximum atomic E-state index is 12.5. The van der Waals surface area contributed by atoms with Crippen LogP contribution in [0.2, 0.25) is 0 Å². The molecule has 0 saturated carbocycles. The summed E-state index contributed by atoms with van der Waals surface area (Å²) in [6.07, 6.45) is 0. The molecule has 4 amide bonds. The Balaban J connectivity index is 1.82. The molecular weight excluding hydrogens is 344 g/mol. The molecule has 0 aliphatic carbocycles. The normalized spacial score (nSPS) is 22.5. The minimum absolute atomic E-state index is 0.0924. The van der Waals surface area contributed by atoms with Gasteiger partial charge in [-0.3, -0.25) is 14.5 Å².